The predicted octanol–water partition coefficient (Wildman–Crippen LogP) is 2.51. The van der Waals surface area contributed by atoms with Crippen molar-refractivity contribution in [2.45, 2.75) is 43.7 Å². The molecule has 3 N–H and O–H groups in total. The molecule has 0 aliphatic carbocycles. The first-order valence-corrected chi connectivity index (χ1v) is 11.8. The standard InChI is InChI=1S/C22H27N3O6S/c1-15(25-32(28,29)21-11-7-17(8-12-21)23-16(2)26)22(27)24-18-5-9-19(10-6-18)31-14-20-4-3-13-30-20/h5-12,15,20,25H,3-4,13-14H2,1-2H3,(H,23,26)(H,24,27)/t15-,20?/m0/s1. The van der Waals surface area contributed by atoms with Gasteiger partial charge < -0.3 is 20.1 Å². The van der Waals surface area contributed by atoms with Gasteiger partial charge in [-0.05, 0) is 68.3 Å². The Morgan fingerprint density at radius 3 is 2.28 bits per heavy atom. The molecule has 9 nitrogen and oxygen atoms in total. The fourth-order valence-electron chi connectivity index (χ4n) is 3.12. The van der Waals surface area contributed by atoms with Gasteiger partial charge in [-0.3, -0.25) is 9.59 Å². The van der Waals surface area contributed by atoms with E-state index in [2.05, 4.69) is 15.4 Å². The number of nitrogens with one attached hydrogen (secondary N) is 3. The Kier molecular flexibility index (Phi) is 7.84. The van der Waals surface area contributed by atoms with Gasteiger partial charge in [-0.15, -0.1) is 0 Å². The summed E-state index contributed by atoms with van der Waals surface area (Å²) < 4.78 is 38.7. The molecular formula is C22H27N3O6S. The van der Waals surface area contributed by atoms with Crippen molar-refractivity contribution in [3.05, 3.63) is 48.5 Å². The number of anilines is 2. The second kappa shape index (κ2) is 10.6. The smallest absolute Gasteiger partial charge is 0.242 e. The third-order valence-electron chi connectivity index (χ3n) is 4.79. The molecule has 0 spiro atoms. The van der Waals surface area contributed by atoms with Crippen molar-refractivity contribution in [1.29, 1.82) is 0 Å². The minimum atomic E-state index is -3.92. The summed E-state index contributed by atoms with van der Waals surface area (Å²) in [4.78, 5) is 23.5. The number of carbonyl (C=O) groups is 2. The van der Waals surface area contributed by atoms with Crippen molar-refractivity contribution in [3.63, 3.8) is 0 Å². The molecule has 2 aromatic rings. The van der Waals surface area contributed by atoms with Gasteiger partial charge in [0.15, 0.2) is 0 Å². The van der Waals surface area contributed by atoms with Gasteiger partial charge in [0.2, 0.25) is 21.8 Å². The molecule has 1 saturated heterocycles. The predicted molar refractivity (Wildman–Crippen MR) is 120 cm³/mol. The molecule has 1 aliphatic rings. The van der Waals surface area contributed by atoms with E-state index in [1.54, 1.807) is 24.3 Å². The Morgan fingerprint density at radius 1 is 1.06 bits per heavy atom. The van der Waals surface area contributed by atoms with E-state index in [9.17, 15) is 18.0 Å². The quantitative estimate of drug-likeness (QED) is 0.527. The molecule has 0 saturated carbocycles. The van der Waals surface area contributed by atoms with E-state index in [-0.39, 0.29) is 16.9 Å². The maximum absolute atomic E-state index is 12.6. The van der Waals surface area contributed by atoms with Crippen molar-refractivity contribution in [2.75, 3.05) is 23.8 Å². The van der Waals surface area contributed by atoms with Crippen LogP contribution < -0.4 is 20.1 Å². The number of ether oxygens (including phenoxy) is 2. The molecule has 1 fully saturated rings. The van der Waals surface area contributed by atoms with E-state index >= 15 is 0 Å². The molecule has 1 heterocycles. The van der Waals surface area contributed by atoms with E-state index < -0.39 is 22.0 Å². The lowest BCUT2D eigenvalue weighted by atomic mass is 10.2. The first-order valence-electron chi connectivity index (χ1n) is 10.3. The molecule has 0 bridgehead atoms. The highest BCUT2D eigenvalue weighted by Crippen LogP contribution is 2.19. The summed E-state index contributed by atoms with van der Waals surface area (Å²) in [6.07, 6.45) is 2.15. The molecule has 1 aliphatic heterocycles. The number of hydrogen-bond acceptors (Lipinski definition) is 6. The lowest BCUT2D eigenvalue weighted by molar-refractivity contribution is -0.117. The fraction of sp³-hybridized carbons (Fsp3) is 0.364. The molecule has 10 heteroatoms. The zero-order valence-corrected chi connectivity index (χ0v) is 18.8. The Balaban J connectivity index is 1.52. The number of benzene rings is 2. The fourth-order valence-corrected chi connectivity index (χ4v) is 4.33. The first-order chi connectivity index (χ1) is 15.2. The molecular weight excluding hydrogens is 434 g/mol. The first kappa shape index (κ1) is 23.7. The van der Waals surface area contributed by atoms with E-state index in [1.165, 1.54) is 38.1 Å². The van der Waals surface area contributed by atoms with Gasteiger partial charge in [0.25, 0.3) is 0 Å². The molecule has 2 aromatic carbocycles. The SMILES string of the molecule is CC(=O)Nc1ccc(S(=O)(=O)N[C@@H](C)C(=O)Nc2ccc(OCC3CCCO3)cc2)cc1. The summed E-state index contributed by atoms with van der Waals surface area (Å²) >= 11 is 0. The van der Waals surface area contributed by atoms with Gasteiger partial charge in [-0.2, -0.15) is 4.72 Å². The Hall–Kier alpha value is -2.95. The van der Waals surface area contributed by atoms with Crippen molar-refractivity contribution in [1.82, 2.24) is 4.72 Å². The summed E-state index contributed by atoms with van der Waals surface area (Å²) in [5, 5.41) is 5.24. The average molecular weight is 462 g/mol. The maximum Gasteiger partial charge on any atom is 0.242 e. The average Bonchev–Trinajstić information content (AvgIpc) is 3.26. The van der Waals surface area contributed by atoms with Crippen molar-refractivity contribution < 1.29 is 27.5 Å². The van der Waals surface area contributed by atoms with E-state index in [0.717, 1.165) is 19.4 Å². The molecule has 32 heavy (non-hydrogen) atoms. The van der Waals surface area contributed by atoms with Crippen LogP contribution in [0.4, 0.5) is 11.4 Å². The number of rotatable bonds is 9. The summed E-state index contributed by atoms with van der Waals surface area (Å²) in [5.74, 6) is -0.0992. The molecule has 172 valence electrons. The normalized spacial score (nSPS) is 16.9. The number of hydrogen-bond donors (Lipinski definition) is 3. The summed E-state index contributed by atoms with van der Waals surface area (Å²) in [5.41, 5.74) is 0.996. The minimum Gasteiger partial charge on any atom is -0.491 e. The second-order valence-electron chi connectivity index (χ2n) is 7.51. The van der Waals surface area contributed by atoms with E-state index in [4.69, 9.17) is 9.47 Å². The van der Waals surface area contributed by atoms with E-state index in [0.29, 0.717) is 23.7 Å². The van der Waals surface area contributed by atoms with Crippen LogP contribution in [0.25, 0.3) is 0 Å². The van der Waals surface area contributed by atoms with Crippen LogP contribution in [-0.4, -0.2) is 45.6 Å². The van der Waals surface area contributed by atoms with Crippen LogP contribution in [0.1, 0.15) is 26.7 Å². The van der Waals surface area contributed by atoms with Crippen LogP contribution in [0.3, 0.4) is 0 Å². The van der Waals surface area contributed by atoms with Crippen LogP contribution in [0.2, 0.25) is 0 Å². The van der Waals surface area contributed by atoms with Crippen LogP contribution >= 0.6 is 0 Å². The molecule has 2 atom stereocenters. The molecule has 2 amide bonds. The van der Waals surface area contributed by atoms with Crippen molar-refractivity contribution >= 4 is 33.2 Å². The highest BCUT2D eigenvalue weighted by Gasteiger charge is 2.22. The van der Waals surface area contributed by atoms with E-state index in [1.807, 2.05) is 0 Å². The number of sulfonamides is 1. The van der Waals surface area contributed by atoms with Gasteiger partial charge in [-0.1, -0.05) is 0 Å². The van der Waals surface area contributed by atoms with Gasteiger partial charge in [0.1, 0.15) is 12.4 Å². The zero-order valence-electron chi connectivity index (χ0n) is 18.0. The van der Waals surface area contributed by atoms with Gasteiger partial charge in [0, 0.05) is 24.9 Å². The molecule has 1 unspecified atom stereocenters. The van der Waals surface area contributed by atoms with Gasteiger partial charge in [0.05, 0.1) is 17.0 Å². The summed E-state index contributed by atoms with van der Waals surface area (Å²) in [6, 6.07) is 11.5. The summed E-state index contributed by atoms with van der Waals surface area (Å²) in [7, 11) is -3.92. The van der Waals surface area contributed by atoms with Crippen LogP contribution in [-0.2, 0) is 24.3 Å². The zero-order chi connectivity index (χ0) is 23.1. The lowest BCUT2D eigenvalue weighted by Gasteiger charge is -2.15. The second-order valence-corrected chi connectivity index (χ2v) is 9.22. The van der Waals surface area contributed by atoms with Gasteiger partial charge in [-0.25, -0.2) is 8.42 Å². The van der Waals surface area contributed by atoms with Crippen LogP contribution in [0, 0.1) is 0 Å². The van der Waals surface area contributed by atoms with Gasteiger partial charge >= 0.3 is 0 Å². The number of carbonyl (C=O) groups excluding carboxylic acids is 2. The van der Waals surface area contributed by atoms with Crippen molar-refractivity contribution in [2.24, 2.45) is 0 Å². The number of amides is 2. The summed E-state index contributed by atoms with van der Waals surface area (Å²) in [6.45, 7) is 4.07. The Morgan fingerprint density at radius 2 is 1.69 bits per heavy atom. The highest BCUT2D eigenvalue weighted by molar-refractivity contribution is 7.89. The topological polar surface area (TPSA) is 123 Å². The Labute approximate surface area is 187 Å². The monoisotopic (exact) mass is 461 g/mol. The molecule has 3 rings (SSSR count). The highest BCUT2D eigenvalue weighted by atomic mass is 32.2. The maximum atomic E-state index is 12.6. The third kappa shape index (κ3) is 6.78. The molecule has 0 radical (unpaired) electrons. The molecule has 0 aromatic heterocycles. The third-order valence-corrected chi connectivity index (χ3v) is 6.35. The Bertz CT molecular complexity index is 1030. The lowest BCUT2D eigenvalue weighted by Crippen LogP contribution is -2.41. The van der Waals surface area contributed by atoms with Crippen LogP contribution in [0.5, 0.6) is 5.75 Å². The largest absolute Gasteiger partial charge is 0.491 e. The van der Waals surface area contributed by atoms with Crippen LogP contribution in [0.15, 0.2) is 53.4 Å². The minimum absolute atomic E-state index is 0.0148. The van der Waals surface area contributed by atoms with Crippen molar-refractivity contribution in [3.8, 4) is 5.75 Å².